The zero-order chi connectivity index (χ0) is 9.10. The second kappa shape index (κ2) is 3.95. The van der Waals surface area contributed by atoms with Crippen LogP contribution in [0.1, 0.15) is 0 Å². The van der Waals surface area contributed by atoms with Crippen molar-refractivity contribution in [2.75, 3.05) is 26.3 Å². The van der Waals surface area contributed by atoms with Crippen LogP contribution in [0.2, 0.25) is 5.15 Å². The number of nitrogens with zero attached hydrogens (tertiary/aromatic N) is 2. The standard InChI is InChI=1S/C7H10ClN3O2/c8-6-5-9-7(10-6)13-11-1-3-12-4-2-11/h5H,1-4H2,(H,9,10). The Morgan fingerprint density at radius 2 is 2.31 bits per heavy atom. The molecule has 1 aromatic rings. The lowest BCUT2D eigenvalue weighted by atomic mass is 10.5. The lowest BCUT2D eigenvalue weighted by Crippen LogP contribution is -2.38. The van der Waals surface area contributed by atoms with Crippen molar-refractivity contribution in [3.63, 3.8) is 0 Å². The number of halogens is 1. The lowest BCUT2D eigenvalue weighted by Gasteiger charge is -2.24. The molecule has 72 valence electrons. The molecule has 0 radical (unpaired) electrons. The Hall–Kier alpha value is -0.780. The van der Waals surface area contributed by atoms with Gasteiger partial charge in [0.1, 0.15) is 5.15 Å². The molecule has 0 aromatic carbocycles. The van der Waals surface area contributed by atoms with Crippen molar-refractivity contribution in [1.82, 2.24) is 15.0 Å². The van der Waals surface area contributed by atoms with E-state index in [4.69, 9.17) is 21.2 Å². The summed E-state index contributed by atoms with van der Waals surface area (Å²) in [6, 6.07) is 0.423. The van der Waals surface area contributed by atoms with Crippen LogP contribution in [0.3, 0.4) is 0 Å². The second-order valence-electron chi connectivity index (χ2n) is 2.67. The van der Waals surface area contributed by atoms with E-state index in [0.717, 1.165) is 13.1 Å². The normalized spacial score (nSPS) is 18.8. The minimum atomic E-state index is 0.423. The molecule has 1 saturated heterocycles. The Balaban J connectivity index is 1.89. The molecule has 2 rings (SSSR count). The molecule has 5 nitrogen and oxygen atoms in total. The number of aromatic amines is 1. The zero-order valence-electron chi connectivity index (χ0n) is 6.99. The number of ether oxygens (including phenoxy) is 1. The van der Waals surface area contributed by atoms with Crippen molar-refractivity contribution in [3.8, 4) is 6.01 Å². The Morgan fingerprint density at radius 1 is 1.54 bits per heavy atom. The van der Waals surface area contributed by atoms with Gasteiger partial charge in [-0.1, -0.05) is 11.6 Å². The molecular weight excluding hydrogens is 194 g/mol. The first-order chi connectivity index (χ1) is 6.34. The molecule has 1 N–H and O–H groups in total. The fourth-order valence-electron chi connectivity index (χ4n) is 1.09. The number of H-pyrrole nitrogens is 1. The maximum absolute atomic E-state index is 5.64. The number of nitrogens with one attached hydrogen (secondary N) is 1. The van der Waals surface area contributed by atoms with Gasteiger partial charge in [-0.15, -0.1) is 5.06 Å². The number of imidazole rings is 1. The van der Waals surface area contributed by atoms with Crippen molar-refractivity contribution in [2.45, 2.75) is 0 Å². The van der Waals surface area contributed by atoms with E-state index in [9.17, 15) is 0 Å². The van der Waals surface area contributed by atoms with Gasteiger partial charge in [0.2, 0.25) is 0 Å². The number of hydroxylamine groups is 2. The third-order valence-corrected chi connectivity index (χ3v) is 1.90. The summed E-state index contributed by atoms with van der Waals surface area (Å²) >= 11 is 5.64. The molecule has 1 aliphatic heterocycles. The Morgan fingerprint density at radius 3 is 2.92 bits per heavy atom. The van der Waals surface area contributed by atoms with Crippen LogP contribution < -0.4 is 4.84 Å². The summed E-state index contributed by atoms with van der Waals surface area (Å²) in [5.74, 6) is 0. The highest BCUT2D eigenvalue weighted by atomic mass is 35.5. The summed E-state index contributed by atoms with van der Waals surface area (Å²) in [6.45, 7) is 2.87. The molecule has 0 bridgehead atoms. The van der Waals surface area contributed by atoms with Crippen LogP contribution in [-0.2, 0) is 4.74 Å². The third-order valence-electron chi connectivity index (χ3n) is 1.71. The van der Waals surface area contributed by atoms with Gasteiger partial charge >= 0.3 is 6.01 Å². The molecule has 6 heteroatoms. The second-order valence-corrected chi connectivity index (χ2v) is 3.08. The molecule has 0 unspecified atom stereocenters. The van der Waals surface area contributed by atoms with E-state index in [2.05, 4.69) is 9.97 Å². The van der Waals surface area contributed by atoms with Crippen LogP contribution in [-0.4, -0.2) is 41.3 Å². The van der Waals surface area contributed by atoms with Crippen LogP contribution in [0.4, 0.5) is 0 Å². The largest absolute Gasteiger partial charge is 0.379 e. The Labute approximate surface area is 80.6 Å². The fraction of sp³-hybridized carbons (Fsp3) is 0.571. The molecule has 0 spiro atoms. The predicted octanol–water partition coefficient (Wildman–Crippen LogP) is 0.689. The monoisotopic (exact) mass is 203 g/mol. The molecule has 0 amide bonds. The van der Waals surface area contributed by atoms with E-state index in [1.54, 1.807) is 5.06 Å². The highest BCUT2D eigenvalue weighted by molar-refractivity contribution is 6.29. The average molecular weight is 204 g/mol. The van der Waals surface area contributed by atoms with Crippen molar-refractivity contribution < 1.29 is 9.57 Å². The van der Waals surface area contributed by atoms with E-state index in [1.165, 1.54) is 6.20 Å². The first-order valence-corrected chi connectivity index (χ1v) is 4.43. The molecular formula is C7H10ClN3O2. The van der Waals surface area contributed by atoms with E-state index < -0.39 is 0 Å². The van der Waals surface area contributed by atoms with E-state index in [1.807, 2.05) is 0 Å². The molecule has 13 heavy (non-hydrogen) atoms. The first-order valence-electron chi connectivity index (χ1n) is 4.06. The SMILES string of the molecule is Clc1cnc(ON2CCOCC2)[nH]1. The van der Waals surface area contributed by atoms with E-state index >= 15 is 0 Å². The van der Waals surface area contributed by atoms with Gasteiger partial charge < -0.3 is 9.57 Å². The van der Waals surface area contributed by atoms with Crippen LogP contribution in [0.5, 0.6) is 6.01 Å². The first kappa shape index (κ1) is 8.80. The van der Waals surface area contributed by atoms with Crippen molar-refractivity contribution >= 4 is 11.6 Å². The summed E-state index contributed by atoms with van der Waals surface area (Å²) in [6.07, 6.45) is 1.51. The van der Waals surface area contributed by atoms with Crippen LogP contribution in [0.25, 0.3) is 0 Å². The minimum absolute atomic E-state index is 0.423. The summed E-state index contributed by atoms with van der Waals surface area (Å²) in [5, 5.41) is 2.27. The molecule has 1 fully saturated rings. The predicted molar refractivity (Wildman–Crippen MR) is 46.6 cm³/mol. The topological polar surface area (TPSA) is 50.4 Å². The highest BCUT2D eigenvalue weighted by Crippen LogP contribution is 2.11. The molecule has 0 aliphatic carbocycles. The van der Waals surface area contributed by atoms with Gasteiger partial charge in [0.25, 0.3) is 0 Å². The van der Waals surface area contributed by atoms with Gasteiger partial charge in [-0.05, 0) is 0 Å². The van der Waals surface area contributed by atoms with Gasteiger partial charge in [0.15, 0.2) is 0 Å². The van der Waals surface area contributed by atoms with Gasteiger partial charge in [-0.2, -0.15) is 0 Å². The van der Waals surface area contributed by atoms with Gasteiger partial charge in [-0.3, -0.25) is 4.98 Å². The fourth-order valence-corrected chi connectivity index (χ4v) is 1.22. The maximum Gasteiger partial charge on any atom is 0.314 e. The number of morpholine rings is 1. The smallest absolute Gasteiger partial charge is 0.314 e. The quantitative estimate of drug-likeness (QED) is 0.769. The average Bonchev–Trinajstić information content (AvgIpc) is 2.53. The van der Waals surface area contributed by atoms with E-state index in [0.29, 0.717) is 24.4 Å². The molecule has 1 aromatic heterocycles. The van der Waals surface area contributed by atoms with Crippen LogP contribution >= 0.6 is 11.6 Å². The maximum atomic E-state index is 5.64. The number of hydrogen-bond donors (Lipinski definition) is 1. The molecule has 1 aliphatic rings. The highest BCUT2D eigenvalue weighted by Gasteiger charge is 2.13. The van der Waals surface area contributed by atoms with Crippen molar-refractivity contribution in [1.29, 1.82) is 0 Å². The van der Waals surface area contributed by atoms with Gasteiger partial charge in [0.05, 0.1) is 32.5 Å². The summed E-state index contributed by atoms with van der Waals surface area (Å²) < 4.78 is 5.16. The Bertz CT molecular complexity index is 272. The number of aromatic nitrogens is 2. The van der Waals surface area contributed by atoms with Crippen LogP contribution in [0.15, 0.2) is 6.20 Å². The number of hydrogen-bond acceptors (Lipinski definition) is 4. The Kier molecular flexibility index (Phi) is 2.68. The van der Waals surface area contributed by atoms with Crippen molar-refractivity contribution in [2.24, 2.45) is 0 Å². The lowest BCUT2D eigenvalue weighted by molar-refractivity contribution is -0.123. The summed E-state index contributed by atoms with van der Waals surface area (Å²) in [7, 11) is 0. The van der Waals surface area contributed by atoms with Gasteiger partial charge in [-0.25, -0.2) is 4.98 Å². The van der Waals surface area contributed by atoms with E-state index in [-0.39, 0.29) is 0 Å². The minimum Gasteiger partial charge on any atom is -0.379 e. The van der Waals surface area contributed by atoms with Crippen molar-refractivity contribution in [3.05, 3.63) is 11.3 Å². The number of rotatable bonds is 2. The molecule has 0 saturated carbocycles. The van der Waals surface area contributed by atoms with Crippen LogP contribution in [0, 0.1) is 0 Å². The molecule has 2 heterocycles. The zero-order valence-corrected chi connectivity index (χ0v) is 7.75. The van der Waals surface area contributed by atoms with Gasteiger partial charge in [0, 0.05) is 0 Å². The summed E-state index contributed by atoms with van der Waals surface area (Å²) in [4.78, 5) is 12.1. The third kappa shape index (κ3) is 2.33. The summed E-state index contributed by atoms with van der Waals surface area (Å²) in [5.41, 5.74) is 0. The molecule has 0 atom stereocenters.